The zero-order valence-corrected chi connectivity index (χ0v) is 9.30. The van der Waals surface area contributed by atoms with Gasteiger partial charge in [-0.25, -0.2) is 0 Å². The number of rotatable bonds is 3. The lowest BCUT2D eigenvalue weighted by Gasteiger charge is -2.14. The summed E-state index contributed by atoms with van der Waals surface area (Å²) in [5, 5.41) is 8.00. The van der Waals surface area contributed by atoms with Crippen molar-refractivity contribution in [1.29, 1.82) is 0 Å². The van der Waals surface area contributed by atoms with Gasteiger partial charge in [0.2, 0.25) is 5.89 Å². The van der Waals surface area contributed by atoms with Crippen molar-refractivity contribution in [2.24, 2.45) is 0 Å². The SMILES string of the molecule is Cc1nc(CNC2CCSC2C)no1. The molecule has 1 aliphatic rings. The van der Waals surface area contributed by atoms with Crippen LogP contribution in [-0.2, 0) is 6.54 Å². The van der Waals surface area contributed by atoms with Crippen molar-refractivity contribution in [2.75, 3.05) is 5.75 Å². The fraction of sp³-hybridized carbons (Fsp3) is 0.778. The van der Waals surface area contributed by atoms with Gasteiger partial charge in [-0.1, -0.05) is 12.1 Å². The van der Waals surface area contributed by atoms with Crippen molar-refractivity contribution in [3.05, 3.63) is 11.7 Å². The van der Waals surface area contributed by atoms with Gasteiger partial charge in [0, 0.05) is 18.2 Å². The van der Waals surface area contributed by atoms with E-state index in [4.69, 9.17) is 4.52 Å². The standard InChI is InChI=1S/C9H15N3OS/c1-6-8(3-4-14-6)10-5-9-11-7(2)13-12-9/h6,8,10H,3-5H2,1-2H3. The van der Waals surface area contributed by atoms with Gasteiger partial charge in [-0.3, -0.25) is 0 Å². The summed E-state index contributed by atoms with van der Waals surface area (Å²) in [7, 11) is 0. The number of hydrogen-bond acceptors (Lipinski definition) is 5. The topological polar surface area (TPSA) is 51.0 Å². The smallest absolute Gasteiger partial charge is 0.223 e. The van der Waals surface area contributed by atoms with Crippen LogP contribution in [0.1, 0.15) is 25.1 Å². The van der Waals surface area contributed by atoms with E-state index in [-0.39, 0.29) is 0 Å². The lowest BCUT2D eigenvalue weighted by Crippen LogP contribution is -2.33. The van der Waals surface area contributed by atoms with Crippen LogP contribution in [0, 0.1) is 6.92 Å². The fourth-order valence-corrected chi connectivity index (χ4v) is 2.86. The molecule has 14 heavy (non-hydrogen) atoms. The number of thioether (sulfide) groups is 1. The van der Waals surface area contributed by atoms with Crippen LogP contribution >= 0.6 is 11.8 Å². The number of aromatic nitrogens is 2. The summed E-state index contributed by atoms with van der Waals surface area (Å²) >= 11 is 2.02. The molecule has 4 nitrogen and oxygen atoms in total. The molecule has 1 N–H and O–H groups in total. The van der Waals surface area contributed by atoms with E-state index in [9.17, 15) is 0 Å². The second-order valence-corrected chi connectivity index (χ2v) is 5.07. The molecule has 78 valence electrons. The van der Waals surface area contributed by atoms with E-state index < -0.39 is 0 Å². The van der Waals surface area contributed by atoms with Crippen molar-refractivity contribution < 1.29 is 4.52 Å². The normalized spacial score (nSPS) is 27.0. The van der Waals surface area contributed by atoms with Crippen LogP contribution < -0.4 is 5.32 Å². The summed E-state index contributed by atoms with van der Waals surface area (Å²) < 4.78 is 4.90. The lowest BCUT2D eigenvalue weighted by molar-refractivity contribution is 0.383. The zero-order valence-electron chi connectivity index (χ0n) is 8.49. The molecule has 2 unspecified atom stereocenters. The van der Waals surface area contributed by atoms with Crippen LogP contribution in [-0.4, -0.2) is 27.2 Å². The Kier molecular flexibility index (Phi) is 3.08. The van der Waals surface area contributed by atoms with E-state index in [0.717, 1.165) is 5.82 Å². The van der Waals surface area contributed by atoms with Gasteiger partial charge in [0.25, 0.3) is 0 Å². The molecular formula is C9H15N3OS. The Morgan fingerprint density at radius 1 is 1.64 bits per heavy atom. The van der Waals surface area contributed by atoms with Gasteiger partial charge in [-0.2, -0.15) is 16.7 Å². The third-order valence-corrected chi connectivity index (χ3v) is 3.79. The Morgan fingerprint density at radius 2 is 2.50 bits per heavy atom. The number of aryl methyl sites for hydroxylation is 1. The molecule has 1 saturated heterocycles. The van der Waals surface area contributed by atoms with E-state index in [1.54, 1.807) is 0 Å². The minimum Gasteiger partial charge on any atom is -0.340 e. The lowest BCUT2D eigenvalue weighted by atomic mass is 10.2. The van der Waals surface area contributed by atoms with E-state index in [2.05, 4.69) is 22.4 Å². The largest absolute Gasteiger partial charge is 0.340 e. The van der Waals surface area contributed by atoms with Crippen molar-refractivity contribution in [3.8, 4) is 0 Å². The second kappa shape index (κ2) is 4.31. The Bertz CT molecular complexity index is 302. The maximum atomic E-state index is 4.90. The van der Waals surface area contributed by atoms with Gasteiger partial charge in [0.05, 0.1) is 6.54 Å². The molecule has 0 amide bonds. The van der Waals surface area contributed by atoms with Gasteiger partial charge in [0.15, 0.2) is 5.82 Å². The van der Waals surface area contributed by atoms with E-state index in [1.807, 2.05) is 18.7 Å². The average molecular weight is 213 g/mol. The summed E-state index contributed by atoms with van der Waals surface area (Å²) in [6.07, 6.45) is 1.24. The third kappa shape index (κ3) is 2.27. The highest BCUT2D eigenvalue weighted by Crippen LogP contribution is 2.26. The molecular weight excluding hydrogens is 198 g/mol. The summed E-state index contributed by atoms with van der Waals surface area (Å²) in [5.74, 6) is 2.65. The van der Waals surface area contributed by atoms with Crippen LogP contribution in [0.25, 0.3) is 0 Å². The monoisotopic (exact) mass is 213 g/mol. The summed E-state index contributed by atoms with van der Waals surface area (Å²) in [6, 6.07) is 0.596. The van der Waals surface area contributed by atoms with Gasteiger partial charge >= 0.3 is 0 Å². The maximum absolute atomic E-state index is 4.90. The van der Waals surface area contributed by atoms with Gasteiger partial charge < -0.3 is 9.84 Å². The van der Waals surface area contributed by atoms with Crippen molar-refractivity contribution >= 4 is 11.8 Å². The Hall–Kier alpha value is -0.550. The third-order valence-electron chi connectivity index (χ3n) is 2.47. The van der Waals surface area contributed by atoms with Crippen LogP contribution in [0.2, 0.25) is 0 Å². The molecule has 1 fully saturated rings. The first kappa shape index (κ1) is 9.98. The number of hydrogen-bond donors (Lipinski definition) is 1. The molecule has 2 rings (SSSR count). The minimum absolute atomic E-state index is 0.596. The molecule has 0 aromatic carbocycles. The Labute approximate surface area is 87.8 Å². The van der Waals surface area contributed by atoms with Crippen molar-refractivity contribution in [1.82, 2.24) is 15.5 Å². The first-order valence-corrected chi connectivity index (χ1v) is 5.95. The Morgan fingerprint density at radius 3 is 3.07 bits per heavy atom. The van der Waals surface area contributed by atoms with Gasteiger partial charge in [-0.15, -0.1) is 0 Å². The summed E-state index contributed by atoms with van der Waals surface area (Å²) in [6.45, 7) is 4.79. The predicted molar refractivity (Wildman–Crippen MR) is 56.2 cm³/mol. The second-order valence-electron chi connectivity index (χ2n) is 3.58. The van der Waals surface area contributed by atoms with Gasteiger partial charge in [-0.05, 0) is 12.2 Å². The predicted octanol–water partition coefficient (Wildman–Crippen LogP) is 1.36. The van der Waals surface area contributed by atoms with E-state index >= 15 is 0 Å². The molecule has 1 aliphatic heterocycles. The molecule has 0 saturated carbocycles. The Balaban J connectivity index is 1.82. The number of nitrogens with one attached hydrogen (secondary N) is 1. The summed E-state index contributed by atoms with van der Waals surface area (Å²) in [5.41, 5.74) is 0. The van der Waals surface area contributed by atoms with Crippen LogP contribution in [0.4, 0.5) is 0 Å². The first-order chi connectivity index (χ1) is 6.75. The minimum atomic E-state index is 0.596. The van der Waals surface area contributed by atoms with Gasteiger partial charge in [0.1, 0.15) is 0 Å². The molecule has 0 bridgehead atoms. The molecule has 5 heteroatoms. The highest BCUT2D eigenvalue weighted by atomic mass is 32.2. The van der Waals surface area contributed by atoms with Crippen molar-refractivity contribution in [2.45, 2.75) is 38.1 Å². The van der Waals surface area contributed by atoms with E-state index in [0.29, 0.717) is 23.7 Å². The van der Waals surface area contributed by atoms with Crippen molar-refractivity contribution in [3.63, 3.8) is 0 Å². The average Bonchev–Trinajstić information content (AvgIpc) is 2.72. The highest BCUT2D eigenvalue weighted by Gasteiger charge is 2.23. The molecule has 2 heterocycles. The number of nitrogens with zero attached hydrogens (tertiary/aromatic N) is 2. The quantitative estimate of drug-likeness (QED) is 0.821. The summed E-state index contributed by atoms with van der Waals surface area (Å²) in [4.78, 5) is 4.15. The highest BCUT2D eigenvalue weighted by molar-refractivity contribution is 8.00. The molecule has 0 radical (unpaired) electrons. The first-order valence-electron chi connectivity index (χ1n) is 4.90. The molecule has 0 aliphatic carbocycles. The fourth-order valence-electron chi connectivity index (χ4n) is 1.64. The molecule has 2 atom stereocenters. The molecule has 1 aromatic heterocycles. The van der Waals surface area contributed by atoms with Crippen LogP contribution in [0.15, 0.2) is 4.52 Å². The zero-order chi connectivity index (χ0) is 9.97. The van der Waals surface area contributed by atoms with E-state index in [1.165, 1.54) is 12.2 Å². The van der Waals surface area contributed by atoms with Crippen LogP contribution in [0.3, 0.4) is 0 Å². The molecule has 1 aromatic rings. The molecule has 0 spiro atoms. The maximum Gasteiger partial charge on any atom is 0.223 e. The van der Waals surface area contributed by atoms with Crippen LogP contribution in [0.5, 0.6) is 0 Å².